The average Bonchev–Trinajstić information content (AvgIpc) is 2.11. The largest absolute Gasteiger partial charge is 0.271 e. The zero-order valence-corrected chi connectivity index (χ0v) is 7.53. The first kappa shape index (κ1) is 10.8. The highest BCUT2D eigenvalue weighted by Crippen LogP contribution is 1.98. The van der Waals surface area contributed by atoms with Crippen LogP contribution >= 0.6 is 0 Å². The van der Waals surface area contributed by atoms with Gasteiger partial charge in [0.05, 0.1) is 0 Å². The lowest BCUT2D eigenvalue weighted by molar-refractivity contribution is 1.38. The van der Waals surface area contributed by atoms with Crippen LogP contribution in [-0.4, -0.2) is 6.71 Å². The Balaban J connectivity index is 3.66. The molecule has 0 spiro atoms. The van der Waals surface area contributed by atoms with Gasteiger partial charge in [0, 0.05) is 5.97 Å². The number of nitriles is 1. The Hall–Kier alpha value is -1.23. The van der Waals surface area contributed by atoms with Gasteiger partial charge in [-0.2, -0.15) is 0 Å². The third-order valence-electron chi connectivity index (χ3n) is 1.59. The molecular formula is C10H14BN. The van der Waals surface area contributed by atoms with Gasteiger partial charge in [-0.25, -0.2) is 5.26 Å². The van der Waals surface area contributed by atoms with Crippen molar-refractivity contribution in [3.05, 3.63) is 37.0 Å². The molecule has 2 heteroatoms. The summed E-state index contributed by atoms with van der Waals surface area (Å²) in [6, 6.07) is 0. The smallest absolute Gasteiger partial charge is 0.213 e. The van der Waals surface area contributed by atoms with E-state index in [4.69, 9.17) is 5.26 Å². The molecule has 12 heavy (non-hydrogen) atoms. The molecule has 0 rings (SSSR count). The SMILES string of the molecule is C=C/C=C\C=C/CB(C#N)CC. The first-order valence-corrected chi connectivity index (χ1v) is 4.19. The van der Waals surface area contributed by atoms with Crippen LogP contribution in [0.5, 0.6) is 0 Å². The molecule has 0 aliphatic heterocycles. The van der Waals surface area contributed by atoms with Crippen molar-refractivity contribution in [1.82, 2.24) is 0 Å². The van der Waals surface area contributed by atoms with Gasteiger partial charge in [0.1, 0.15) is 0 Å². The molecule has 0 aromatic rings. The predicted octanol–water partition coefficient (Wildman–Crippen LogP) is 2.86. The van der Waals surface area contributed by atoms with Crippen LogP contribution < -0.4 is 0 Å². The molecule has 0 bridgehead atoms. The highest BCUT2D eigenvalue weighted by atomic mass is 14.2. The van der Waals surface area contributed by atoms with Gasteiger partial charge >= 0.3 is 0 Å². The van der Waals surface area contributed by atoms with Gasteiger partial charge in [0.2, 0.25) is 0 Å². The molecule has 0 atom stereocenters. The molecule has 0 saturated carbocycles. The number of allylic oxidation sites excluding steroid dienone is 5. The van der Waals surface area contributed by atoms with Gasteiger partial charge in [-0.15, -0.1) is 0 Å². The van der Waals surface area contributed by atoms with E-state index in [0.29, 0.717) is 0 Å². The van der Waals surface area contributed by atoms with E-state index in [0.717, 1.165) is 12.6 Å². The highest BCUT2D eigenvalue weighted by molar-refractivity contribution is 6.67. The molecule has 0 amide bonds. The van der Waals surface area contributed by atoms with Crippen molar-refractivity contribution < 1.29 is 0 Å². The van der Waals surface area contributed by atoms with Gasteiger partial charge in [0.25, 0.3) is 6.71 Å². The molecular weight excluding hydrogens is 145 g/mol. The minimum atomic E-state index is 0.165. The zero-order valence-electron chi connectivity index (χ0n) is 7.53. The molecule has 0 aliphatic rings. The summed E-state index contributed by atoms with van der Waals surface area (Å²) in [5, 5.41) is 8.61. The first-order chi connectivity index (χ1) is 5.85. The van der Waals surface area contributed by atoms with E-state index in [9.17, 15) is 0 Å². The molecule has 0 aromatic heterocycles. The van der Waals surface area contributed by atoms with Crippen molar-refractivity contribution >= 4 is 6.71 Å². The number of rotatable bonds is 5. The lowest BCUT2D eigenvalue weighted by atomic mass is 9.47. The number of hydrogen-bond acceptors (Lipinski definition) is 1. The van der Waals surface area contributed by atoms with Crippen LogP contribution in [0.25, 0.3) is 0 Å². The average molecular weight is 159 g/mol. The minimum Gasteiger partial charge on any atom is -0.213 e. The Bertz CT molecular complexity index is 210. The van der Waals surface area contributed by atoms with Crippen LogP contribution in [0.2, 0.25) is 12.6 Å². The van der Waals surface area contributed by atoms with Crippen molar-refractivity contribution in [3.8, 4) is 5.97 Å². The van der Waals surface area contributed by atoms with Crippen LogP contribution in [0, 0.1) is 11.2 Å². The minimum absolute atomic E-state index is 0.165. The van der Waals surface area contributed by atoms with Crippen molar-refractivity contribution in [2.24, 2.45) is 0 Å². The van der Waals surface area contributed by atoms with E-state index in [-0.39, 0.29) is 6.71 Å². The molecule has 0 fully saturated rings. The molecule has 0 aliphatic carbocycles. The molecule has 1 nitrogen and oxygen atoms in total. The Morgan fingerprint density at radius 1 is 1.42 bits per heavy atom. The fourth-order valence-corrected chi connectivity index (χ4v) is 0.775. The van der Waals surface area contributed by atoms with Crippen molar-refractivity contribution in [2.75, 3.05) is 0 Å². The van der Waals surface area contributed by atoms with Crippen molar-refractivity contribution in [1.29, 1.82) is 5.26 Å². The van der Waals surface area contributed by atoms with Crippen LogP contribution in [0.3, 0.4) is 0 Å². The summed E-state index contributed by atoms with van der Waals surface area (Å²) >= 11 is 0. The van der Waals surface area contributed by atoms with Crippen molar-refractivity contribution in [2.45, 2.75) is 19.6 Å². The summed E-state index contributed by atoms with van der Waals surface area (Å²) in [5.41, 5.74) is 0. The van der Waals surface area contributed by atoms with Crippen LogP contribution in [0.15, 0.2) is 37.0 Å². The summed E-state index contributed by atoms with van der Waals surface area (Å²) in [6.45, 7) is 5.75. The third kappa shape index (κ3) is 5.55. The van der Waals surface area contributed by atoms with E-state index < -0.39 is 0 Å². The summed E-state index contributed by atoms with van der Waals surface area (Å²) in [6.07, 6.45) is 11.2. The molecule has 0 N–H and O–H groups in total. The monoisotopic (exact) mass is 159 g/mol. The number of nitrogens with zero attached hydrogens (tertiary/aromatic N) is 1. The van der Waals surface area contributed by atoms with Gasteiger partial charge in [-0.05, 0) is 6.32 Å². The summed E-state index contributed by atoms with van der Waals surface area (Å²) < 4.78 is 0. The summed E-state index contributed by atoms with van der Waals surface area (Å²) in [5.74, 6) is 2.25. The van der Waals surface area contributed by atoms with E-state index in [1.54, 1.807) is 6.08 Å². The van der Waals surface area contributed by atoms with Crippen LogP contribution in [-0.2, 0) is 0 Å². The van der Waals surface area contributed by atoms with E-state index in [2.05, 4.69) is 12.5 Å². The van der Waals surface area contributed by atoms with Gasteiger partial charge in [-0.3, -0.25) is 0 Å². The van der Waals surface area contributed by atoms with E-state index in [1.807, 2.05) is 31.2 Å². The standard InChI is InChI=1S/C10H14BN/c1-3-5-6-7-8-9-11(4-2)10-12/h3,5-8H,1,4,9H2,2H3/b6-5-,8-7-. The maximum atomic E-state index is 8.61. The Morgan fingerprint density at radius 3 is 2.67 bits per heavy atom. The van der Waals surface area contributed by atoms with Crippen LogP contribution in [0.4, 0.5) is 0 Å². The van der Waals surface area contributed by atoms with Gasteiger partial charge in [0.15, 0.2) is 0 Å². The second-order valence-corrected chi connectivity index (χ2v) is 2.52. The lowest BCUT2D eigenvalue weighted by Crippen LogP contribution is -2.04. The zero-order chi connectivity index (χ0) is 9.23. The second-order valence-electron chi connectivity index (χ2n) is 2.52. The molecule has 0 aromatic carbocycles. The van der Waals surface area contributed by atoms with E-state index >= 15 is 0 Å². The lowest BCUT2D eigenvalue weighted by Gasteiger charge is -1.92. The topological polar surface area (TPSA) is 23.8 Å². The van der Waals surface area contributed by atoms with Gasteiger partial charge in [-0.1, -0.05) is 50.2 Å². The normalized spacial score (nSPS) is 10.3. The predicted molar refractivity (Wildman–Crippen MR) is 55.1 cm³/mol. The molecule has 0 saturated heterocycles. The molecule has 0 heterocycles. The molecule has 0 unspecified atom stereocenters. The first-order valence-electron chi connectivity index (χ1n) is 4.19. The number of hydrogen-bond donors (Lipinski definition) is 0. The Labute approximate surface area is 75.2 Å². The fourth-order valence-electron chi connectivity index (χ4n) is 0.775. The molecule has 0 radical (unpaired) electrons. The van der Waals surface area contributed by atoms with E-state index in [1.165, 1.54) is 0 Å². The maximum absolute atomic E-state index is 8.61. The van der Waals surface area contributed by atoms with Crippen LogP contribution in [0.1, 0.15) is 6.92 Å². The quantitative estimate of drug-likeness (QED) is 0.446. The third-order valence-corrected chi connectivity index (χ3v) is 1.59. The molecule has 62 valence electrons. The maximum Gasteiger partial charge on any atom is 0.271 e. The highest BCUT2D eigenvalue weighted by Gasteiger charge is 2.06. The Morgan fingerprint density at radius 2 is 2.17 bits per heavy atom. The van der Waals surface area contributed by atoms with Gasteiger partial charge < -0.3 is 0 Å². The van der Waals surface area contributed by atoms with Crippen molar-refractivity contribution in [3.63, 3.8) is 0 Å². The second kappa shape index (κ2) is 7.88. The fraction of sp³-hybridized carbons (Fsp3) is 0.300. The Kier molecular flexibility index (Phi) is 7.07. The summed E-state index contributed by atoms with van der Waals surface area (Å²) in [7, 11) is 0. The summed E-state index contributed by atoms with van der Waals surface area (Å²) in [4.78, 5) is 0.